The number of aliphatic imine (C=N–C) groups is 1. The number of hydrogen-bond acceptors (Lipinski definition) is 5. The van der Waals surface area contributed by atoms with E-state index in [2.05, 4.69) is 4.99 Å². The summed E-state index contributed by atoms with van der Waals surface area (Å²) in [7, 11) is 1.63. The molecule has 0 aromatic carbocycles. The van der Waals surface area contributed by atoms with Crippen LogP contribution in [0.4, 0.5) is 0 Å². The lowest BCUT2D eigenvalue weighted by Gasteiger charge is -2.26. The molecule has 1 aliphatic rings. The van der Waals surface area contributed by atoms with Crippen molar-refractivity contribution in [3.05, 3.63) is 0 Å². The van der Waals surface area contributed by atoms with E-state index in [1.165, 1.54) is 17.7 Å². The molecule has 1 amide bonds. The van der Waals surface area contributed by atoms with Crippen molar-refractivity contribution in [1.29, 1.82) is 0 Å². The van der Waals surface area contributed by atoms with E-state index in [4.69, 9.17) is 10.5 Å². The van der Waals surface area contributed by atoms with Crippen LogP contribution in [0.1, 0.15) is 71.6 Å². The van der Waals surface area contributed by atoms with Crippen molar-refractivity contribution < 1.29 is 14.3 Å². The number of likely N-dealkylation sites (N-methyl/N-ethyl adjacent to an activating group) is 1. The van der Waals surface area contributed by atoms with Crippen LogP contribution in [0.5, 0.6) is 0 Å². The zero-order valence-corrected chi connectivity index (χ0v) is 14.8. The van der Waals surface area contributed by atoms with Gasteiger partial charge in [0.1, 0.15) is 12.1 Å². The fraction of sp³-hybridized carbons (Fsp3) is 0.824. The summed E-state index contributed by atoms with van der Waals surface area (Å²) in [5.74, 6) is -0.520. The van der Waals surface area contributed by atoms with Gasteiger partial charge in [-0.3, -0.25) is 9.59 Å². The number of guanidine groups is 1. The van der Waals surface area contributed by atoms with Gasteiger partial charge in [0.25, 0.3) is 0 Å². The Labute approximate surface area is 139 Å². The van der Waals surface area contributed by atoms with Crippen molar-refractivity contribution in [2.75, 3.05) is 13.6 Å². The van der Waals surface area contributed by atoms with E-state index in [9.17, 15) is 9.59 Å². The molecule has 1 rings (SSSR count). The normalized spacial score (nSPS) is 22.9. The summed E-state index contributed by atoms with van der Waals surface area (Å²) in [5, 5.41) is 0. The number of ether oxygens (including phenoxy) is 1. The van der Waals surface area contributed by atoms with Gasteiger partial charge in [-0.15, -0.1) is 0 Å². The van der Waals surface area contributed by atoms with Gasteiger partial charge < -0.3 is 15.4 Å². The molecule has 0 radical (unpaired) electrons. The molecule has 6 heteroatoms. The summed E-state index contributed by atoms with van der Waals surface area (Å²) in [5.41, 5.74) is 5.30. The predicted octanol–water partition coefficient (Wildman–Crippen LogP) is 2.61. The van der Waals surface area contributed by atoms with Gasteiger partial charge in [-0.1, -0.05) is 32.1 Å². The number of hydrogen-bond donors (Lipinski definition) is 1. The van der Waals surface area contributed by atoms with Crippen LogP contribution in [0.25, 0.3) is 0 Å². The first-order chi connectivity index (χ1) is 10.8. The number of carbonyl (C=O) groups is 2. The number of cyclic esters (lactones) is 1. The first-order valence-corrected chi connectivity index (χ1v) is 8.60. The SMILES string of the molecule is CN1CC(=O)OC(C)(C)CCCCCCCCCC(=O)N=C1N. The van der Waals surface area contributed by atoms with Crippen LogP contribution in [0.2, 0.25) is 0 Å². The van der Waals surface area contributed by atoms with E-state index >= 15 is 0 Å². The van der Waals surface area contributed by atoms with Crippen LogP contribution in [-0.4, -0.2) is 41.9 Å². The standard InChI is InChI=1S/C17H31N3O3/c1-17(2)12-10-8-6-4-5-7-9-11-14(21)19-16(18)20(3)13-15(22)23-17/h4-13H2,1-3H3,(H2,18,19,21). The van der Waals surface area contributed by atoms with Crippen LogP contribution in [0, 0.1) is 0 Å². The Morgan fingerprint density at radius 3 is 2.26 bits per heavy atom. The minimum atomic E-state index is -0.479. The summed E-state index contributed by atoms with van der Waals surface area (Å²) < 4.78 is 5.53. The largest absolute Gasteiger partial charge is 0.458 e. The first-order valence-electron chi connectivity index (χ1n) is 8.60. The summed E-state index contributed by atoms with van der Waals surface area (Å²) in [6.07, 6.45) is 8.86. The van der Waals surface area contributed by atoms with Crippen molar-refractivity contribution >= 4 is 17.8 Å². The Bertz CT molecular complexity index is 433. The van der Waals surface area contributed by atoms with Gasteiger partial charge in [-0.05, 0) is 33.1 Å². The van der Waals surface area contributed by atoms with Crippen molar-refractivity contribution in [3.8, 4) is 0 Å². The highest BCUT2D eigenvalue weighted by atomic mass is 16.6. The lowest BCUT2D eigenvalue weighted by Crippen LogP contribution is -2.41. The predicted molar refractivity (Wildman–Crippen MR) is 91.0 cm³/mol. The molecule has 132 valence electrons. The van der Waals surface area contributed by atoms with Crippen molar-refractivity contribution in [3.63, 3.8) is 0 Å². The van der Waals surface area contributed by atoms with Gasteiger partial charge in [-0.25, -0.2) is 0 Å². The number of nitrogens with two attached hydrogens (primary N) is 1. The molecule has 0 unspecified atom stereocenters. The fourth-order valence-corrected chi connectivity index (χ4v) is 2.65. The molecule has 0 aliphatic carbocycles. The quantitative estimate of drug-likeness (QED) is 0.692. The Morgan fingerprint density at radius 1 is 1.04 bits per heavy atom. The molecule has 6 nitrogen and oxygen atoms in total. The fourth-order valence-electron chi connectivity index (χ4n) is 2.65. The lowest BCUT2D eigenvalue weighted by molar-refractivity contribution is -0.157. The van der Waals surface area contributed by atoms with Gasteiger partial charge in [0.15, 0.2) is 5.96 Å². The highest BCUT2D eigenvalue weighted by Crippen LogP contribution is 2.20. The summed E-state index contributed by atoms with van der Waals surface area (Å²) in [6.45, 7) is 3.85. The highest BCUT2D eigenvalue weighted by molar-refractivity contribution is 5.93. The van der Waals surface area contributed by atoms with Gasteiger partial charge in [0.2, 0.25) is 5.91 Å². The maximum absolute atomic E-state index is 12.0. The van der Waals surface area contributed by atoms with Crippen LogP contribution in [0.3, 0.4) is 0 Å². The second-order valence-corrected chi connectivity index (χ2v) is 6.93. The van der Waals surface area contributed by atoms with Crippen LogP contribution >= 0.6 is 0 Å². The minimum absolute atomic E-state index is 0.00789. The average Bonchev–Trinajstić information content (AvgIpc) is 2.43. The first kappa shape index (κ1) is 19.5. The lowest BCUT2D eigenvalue weighted by atomic mass is 9.99. The van der Waals surface area contributed by atoms with Gasteiger partial charge in [-0.2, -0.15) is 4.99 Å². The van der Waals surface area contributed by atoms with Gasteiger partial charge >= 0.3 is 5.97 Å². The summed E-state index contributed by atoms with van der Waals surface area (Å²) in [4.78, 5) is 29.1. The topological polar surface area (TPSA) is 85.0 Å². The Hall–Kier alpha value is -1.59. The van der Waals surface area contributed by atoms with Crippen molar-refractivity contribution in [1.82, 2.24) is 4.90 Å². The molecule has 0 aromatic heterocycles. The van der Waals surface area contributed by atoms with Crippen LogP contribution in [-0.2, 0) is 14.3 Å². The third kappa shape index (κ3) is 8.57. The highest BCUT2D eigenvalue weighted by Gasteiger charge is 2.23. The zero-order chi connectivity index (χ0) is 17.3. The van der Waals surface area contributed by atoms with E-state index in [0.29, 0.717) is 6.42 Å². The van der Waals surface area contributed by atoms with Crippen molar-refractivity contribution in [2.24, 2.45) is 10.7 Å². The minimum Gasteiger partial charge on any atom is -0.458 e. The molecule has 0 fully saturated rings. The maximum atomic E-state index is 12.0. The molecule has 0 saturated heterocycles. The van der Waals surface area contributed by atoms with E-state index in [1.807, 2.05) is 13.8 Å². The maximum Gasteiger partial charge on any atom is 0.326 e. The second kappa shape index (κ2) is 9.53. The third-order valence-corrected chi connectivity index (χ3v) is 4.06. The molecule has 0 atom stereocenters. The van der Waals surface area contributed by atoms with E-state index in [-0.39, 0.29) is 24.4 Å². The number of carbonyl (C=O) groups excluding carboxylic acids is 2. The number of esters is 1. The number of amides is 1. The molecule has 0 spiro atoms. The molecule has 0 bridgehead atoms. The molecular formula is C17H31N3O3. The third-order valence-electron chi connectivity index (χ3n) is 4.06. The van der Waals surface area contributed by atoms with Crippen molar-refractivity contribution in [2.45, 2.75) is 77.2 Å². The van der Waals surface area contributed by atoms with Gasteiger partial charge in [0.05, 0.1) is 0 Å². The van der Waals surface area contributed by atoms with E-state index < -0.39 is 5.60 Å². The van der Waals surface area contributed by atoms with Crippen LogP contribution < -0.4 is 5.73 Å². The smallest absolute Gasteiger partial charge is 0.326 e. The number of nitrogens with zero attached hydrogens (tertiary/aromatic N) is 2. The van der Waals surface area contributed by atoms with E-state index in [1.54, 1.807) is 7.05 Å². The Kier molecular flexibility index (Phi) is 8.06. The van der Waals surface area contributed by atoms with Crippen LogP contribution in [0.15, 0.2) is 4.99 Å². The number of rotatable bonds is 0. The molecule has 0 saturated carbocycles. The summed E-state index contributed by atoms with van der Waals surface area (Å²) in [6, 6.07) is 0. The molecule has 23 heavy (non-hydrogen) atoms. The molecular weight excluding hydrogens is 294 g/mol. The molecule has 2 N–H and O–H groups in total. The average molecular weight is 325 g/mol. The Balaban J connectivity index is 2.68. The Morgan fingerprint density at radius 2 is 1.61 bits per heavy atom. The molecule has 1 aliphatic heterocycles. The monoisotopic (exact) mass is 325 g/mol. The molecule has 0 aromatic rings. The molecule has 1 heterocycles. The van der Waals surface area contributed by atoms with E-state index in [0.717, 1.165) is 38.5 Å². The zero-order valence-electron chi connectivity index (χ0n) is 14.8. The second-order valence-electron chi connectivity index (χ2n) is 6.93. The summed E-state index contributed by atoms with van der Waals surface area (Å²) >= 11 is 0. The van der Waals surface area contributed by atoms with Gasteiger partial charge in [0, 0.05) is 13.5 Å².